The molecule has 0 aliphatic carbocycles. The van der Waals surface area contributed by atoms with Crippen LogP contribution in [0, 0.1) is 5.82 Å². The molecule has 0 unspecified atom stereocenters. The molecule has 1 aromatic heterocycles. The van der Waals surface area contributed by atoms with Gasteiger partial charge in [-0.05, 0) is 6.07 Å². The predicted molar refractivity (Wildman–Crippen MR) is 62.8 cm³/mol. The molecule has 2 rings (SSSR count). The van der Waals surface area contributed by atoms with E-state index in [1.54, 1.807) is 16.7 Å². The van der Waals surface area contributed by atoms with E-state index in [1.165, 1.54) is 12.4 Å². The first-order valence-electron chi connectivity index (χ1n) is 4.38. The normalized spacial score (nSPS) is 10.8. The van der Waals surface area contributed by atoms with Gasteiger partial charge in [-0.3, -0.25) is 0 Å². The number of halogens is 4. The Morgan fingerprint density at radius 2 is 2.00 bits per heavy atom. The summed E-state index contributed by atoms with van der Waals surface area (Å²) in [5, 5.41) is 0.560. The topological polar surface area (TPSA) is 17.8 Å². The molecule has 0 aliphatic rings. The number of hydrogen-bond acceptors (Lipinski definition) is 1. The molecule has 0 saturated carbocycles. The Morgan fingerprint density at radius 1 is 1.25 bits per heavy atom. The second-order valence-corrected chi connectivity index (χ2v) is 4.29. The smallest absolute Gasteiger partial charge is 0.166 e. The van der Waals surface area contributed by atoms with E-state index in [1.807, 2.05) is 0 Å². The van der Waals surface area contributed by atoms with Crippen LogP contribution in [0.1, 0.15) is 5.56 Å². The minimum atomic E-state index is -0.454. The van der Waals surface area contributed by atoms with E-state index in [0.717, 1.165) is 0 Å². The predicted octanol–water partition coefficient (Wildman–Crippen LogP) is 4.03. The van der Waals surface area contributed by atoms with E-state index in [4.69, 9.17) is 34.8 Å². The molecule has 2 aromatic rings. The number of imidazole rings is 1. The van der Waals surface area contributed by atoms with Gasteiger partial charge in [0.2, 0.25) is 0 Å². The highest BCUT2D eigenvalue weighted by Crippen LogP contribution is 2.23. The lowest BCUT2D eigenvalue weighted by Gasteiger charge is -2.06. The minimum Gasteiger partial charge on any atom is -0.316 e. The molecular formula is C10H6Cl3FN2. The first kappa shape index (κ1) is 11.7. The summed E-state index contributed by atoms with van der Waals surface area (Å²) in [6.45, 7) is 0.241. The van der Waals surface area contributed by atoms with Crippen molar-refractivity contribution in [2.24, 2.45) is 0 Å². The van der Waals surface area contributed by atoms with Crippen LogP contribution in [0.4, 0.5) is 4.39 Å². The van der Waals surface area contributed by atoms with E-state index in [2.05, 4.69) is 4.98 Å². The fraction of sp³-hybridized carbons (Fsp3) is 0.100. The molecule has 0 N–H and O–H groups in total. The third-order valence-electron chi connectivity index (χ3n) is 2.11. The van der Waals surface area contributed by atoms with Gasteiger partial charge in [0.05, 0.1) is 17.9 Å². The lowest BCUT2D eigenvalue weighted by Crippen LogP contribution is -2.01. The molecule has 0 radical (unpaired) electrons. The van der Waals surface area contributed by atoms with Crippen molar-refractivity contribution in [1.82, 2.24) is 9.55 Å². The summed E-state index contributed by atoms with van der Waals surface area (Å²) in [4.78, 5) is 3.81. The van der Waals surface area contributed by atoms with Crippen LogP contribution in [-0.2, 0) is 6.54 Å². The summed E-state index contributed by atoms with van der Waals surface area (Å²) in [5.41, 5.74) is 0.434. The highest BCUT2D eigenvalue weighted by molar-refractivity contribution is 6.40. The lowest BCUT2D eigenvalue weighted by molar-refractivity contribution is 0.600. The molecule has 0 atom stereocenters. The third kappa shape index (κ3) is 2.17. The summed E-state index contributed by atoms with van der Waals surface area (Å²) in [6, 6.07) is 4.79. The Bertz CT molecular complexity index is 525. The van der Waals surface area contributed by atoms with Crippen LogP contribution >= 0.6 is 34.8 Å². The summed E-state index contributed by atoms with van der Waals surface area (Å²) >= 11 is 17.2. The summed E-state index contributed by atoms with van der Waals surface area (Å²) in [7, 11) is 0. The Hall–Kier alpha value is -0.770. The SMILES string of the molecule is Fc1c(Cl)cccc1Cn1cnc(Cl)c1Cl. The zero-order chi connectivity index (χ0) is 11.7. The van der Waals surface area contributed by atoms with Crippen molar-refractivity contribution in [3.63, 3.8) is 0 Å². The highest BCUT2D eigenvalue weighted by Gasteiger charge is 2.10. The maximum atomic E-state index is 13.6. The molecule has 1 aromatic carbocycles. The van der Waals surface area contributed by atoms with E-state index in [0.29, 0.717) is 5.56 Å². The van der Waals surface area contributed by atoms with Crippen molar-refractivity contribution in [2.75, 3.05) is 0 Å². The van der Waals surface area contributed by atoms with Gasteiger partial charge >= 0.3 is 0 Å². The van der Waals surface area contributed by atoms with Crippen LogP contribution in [0.3, 0.4) is 0 Å². The molecule has 2 nitrogen and oxygen atoms in total. The average Bonchev–Trinajstić information content (AvgIpc) is 2.57. The molecule has 0 saturated heterocycles. The lowest BCUT2D eigenvalue weighted by atomic mass is 10.2. The maximum absolute atomic E-state index is 13.6. The Morgan fingerprint density at radius 3 is 2.62 bits per heavy atom. The van der Waals surface area contributed by atoms with E-state index < -0.39 is 5.82 Å². The minimum absolute atomic E-state index is 0.0832. The largest absolute Gasteiger partial charge is 0.316 e. The number of benzene rings is 1. The maximum Gasteiger partial charge on any atom is 0.166 e. The van der Waals surface area contributed by atoms with Gasteiger partial charge < -0.3 is 4.57 Å². The fourth-order valence-electron chi connectivity index (χ4n) is 1.31. The van der Waals surface area contributed by atoms with Gasteiger partial charge in [-0.15, -0.1) is 0 Å². The average molecular weight is 280 g/mol. The molecule has 0 amide bonds. The van der Waals surface area contributed by atoms with Crippen molar-refractivity contribution in [1.29, 1.82) is 0 Å². The van der Waals surface area contributed by atoms with Crippen LogP contribution < -0.4 is 0 Å². The molecule has 0 aliphatic heterocycles. The molecule has 0 spiro atoms. The molecule has 6 heteroatoms. The van der Waals surface area contributed by atoms with Gasteiger partial charge in [-0.25, -0.2) is 9.37 Å². The van der Waals surface area contributed by atoms with Crippen LogP contribution in [0.15, 0.2) is 24.5 Å². The van der Waals surface area contributed by atoms with Gasteiger partial charge in [-0.2, -0.15) is 0 Å². The third-order valence-corrected chi connectivity index (χ3v) is 3.17. The van der Waals surface area contributed by atoms with Crippen molar-refractivity contribution in [3.8, 4) is 0 Å². The molecular weight excluding hydrogens is 273 g/mol. The summed E-state index contributed by atoms with van der Waals surface area (Å²) in [6.07, 6.45) is 1.45. The van der Waals surface area contributed by atoms with Crippen LogP contribution in [0.25, 0.3) is 0 Å². The molecule has 0 bridgehead atoms. The van der Waals surface area contributed by atoms with Gasteiger partial charge in [0.15, 0.2) is 5.15 Å². The summed E-state index contributed by atoms with van der Waals surface area (Å²) < 4.78 is 15.1. The standard InChI is InChI=1S/C10H6Cl3FN2/c11-7-3-1-2-6(8(7)14)4-16-5-15-9(12)10(16)13/h1-3,5H,4H2. The molecule has 1 heterocycles. The van der Waals surface area contributed by atoms with Crippen molar-refractivity contribution >= 4 is 34.8 Å². The number of rotatable bonds is 2. The van der Waals surface area contributed by atoms with Gasteiger partial charge in [0.25, 0.3) is 0 Å². The van der Waals surface area contributed by atoms with Crippen molar-refractivity contribution in [2.45, 2.75) is 6.54 Å². The Labute approximate surface area is 107 Å². The van der Waals surface area contributed by atoms with E-state index in [-0.39, 0.29) is 21.9 Å². The van der Waals surface area contributed by atoms with Gasteiger partial charge in [-0.1, -0.05) is 46.9 Å². The highest BCUT2D eigenvalue weighted by atomic mass is 35.5. The van der Waals surface area contributed by atoms with E-state index >= 15 is 0 Å². The van der Waals surface area contributed by atoms with Gasteiger partial charge in [0.1, 0.15) is 11.0 Å². The number of nitrogens with zero attached hydrogens (tertiary/aromatic N) is 2. The quantitative estimate of drug-likeness (QED) is 0.811. The Kier molecular flexibility index (Phi) is 3.38. The first-order chi connectivity index (χ1) is 7.59. The first-order valence-corrected chi connectivity index (χ1v) is 5.52. The number of hydrogen-bond donors (Lipinski definition) is 0. The summed E-state index contributed by atoms with van der Waals surface area (Å²) in [5.74, 6) is -0.454. The van der Waals surface area contributed by atoms with E-state index in [9.17, 15) is 4.39 Å². The molecule has 0 fully saturated rings. The number of aromatic nitrogens is 2. The van der Waals surface area contributed by atoms with Crippen LogP contribution in [0.5, 0.6) is 0 Å². The molecule has 16 heavy (non-hydrogen) atoms. The fourth-order valence-corrected chi connectivity index (χ4v) is 1.81. The zero-order valence-corrected chi connectivity index (χ0v) is 10.2. The Balaban J connectivity index is 2.34. The van der Waals surface area contributed by atoms with Gasteiger partial charge in [0, 0.05) is 5.56 Å². The van der Waals surface area contributed by atoms with Crippen LogP contribution in [-0.4, -0.2) is 9.55 Å². The van der Waals surface area contributed by atoms with Crippen molar-refractivity contribution < 1.29 is 4.39 Å². The van der Waals surface area contributed by atoms with Crippen molar-refractivity contribution in [3.05, 3.63) is 51.2 Å². The molecule has 84 valence electrons. The van der Waals surface area contributed by atoms with Crippen LogP contribution in [0.2, 0.25) is 15.3 Å². The second-order valence-electron chi connectivity index (χ2n) is 3.17. The monoisotopic (exact) mass is 278 g/mol. The second kappa shape index (κ2) is 4.62. The zero-order valence-electron chi connectivity index (χ0n) is 7.92.